The second-order valence-corrected chi connectivity index (χ2v) is 4.93. The van der Waals surface area contributed by atoms with Gasteiger partial charge in [0.15, 0.2) is 0 Å². The van der Waals surface area contributed by atoms with Crippen LogP contribution in [0.5, 0.6) is 0 Å². The van der Waals surface area contributed by atoms with Gasteiger partial charge >= 0.3 is 0 Å². The molecule has 0 radical (unpaired) electrons. The zero-order valence-electron chi connectivity index (χ0n) is 11.0. The molecule has 2 N–H and O–H groups in total. The van der Waals surface area contributed by atoms with Gasteiger partial charge in [-0.05, 0) is 67.0 Å². The summed E-state index contributed by atoms with van der Waals surface area (Å²) in [7, 11) is 6.47. The van der Waals surface area contributed by atoms with E-state index in [-0.39, 0.29) is 0 Å². The maximum Gasteiger partial charge on any atom is 0.00104 e. The lowest BCUT2D eigenvalue weighted by Crippen LogP contribution is -2.25. The van der Waals surface area contributed by atoms with Crippen molar-refractivity contribution in [2.45, 2.75) is 38.6 Å². The lowest BCUT2D eigenvalue weighted by molar-refractivity contribution is 0.294. The first kappa shape index (κ1) is 14.9. The lowest BCUT2D eigenvalue weighted by Gasteiger charge is -2.18. The van der Waals surface area contributed by atoms with E-state index in [4.69, 9.17) is 5.73 Å². The molecular formula is C12H29N3. The van der Waals surface area contributed by atoms with Gasteiger partial charge in [0.2, 0.25) is 0 Å². The van der Waals surface area contributed by atoms with E-state index in [1.807, 2.05) is 0 Å². The van der Waals surface area contributed by atoms with Crippen molar-refractivity contribution in [1.82, 2.24) is 9.80 Å². The molecule has 0 aromatic rings. The van der Waals surface area contributed by atoms with Gasteiger partial charge in [0.05, 0.1) is 0 Å². The SMILES string of the molecule is CC(N)CCCCN(C)CCCN(C)C. The van der Waals surface area contributed by atoms with Crippen molar-refractivity contribution in [3.8, 4) is 0 Å². The zero-order chi connectivity index (χ0) is 11.7. The van der Waals surface area contributed by atoms with Gasteiger partial charge in [-0.1, -0.05) is 6.42 Å². The van der Waals surface area contributed by atoms with Crippen molar-refractivity contribution in [3.63, 3.8) is 0 Å². The molecule has 0 spiro atoms. The van der Waals surface area contributed by atoms with Crippen LogP contribution in [0.4, 0.5) is 0 Å². The number of hydrogen-bond donors (Lipinski definition) is 1. The Hall–Kier alpha value is -0.120. The van der Waals surface area contributed by atoms with Gasteiger partial charge in [-0.25, -0.2) is 0 Å². The molecule has 0 aliphatic rings. The molecule has 3 nitrogen and oxygen atoms in total. The fourth-order valence-electron chi connectivity index (χ4n) is 1.62. The predicted octanol–water partition coefficient (Wildman–Crippen LogP) is 1.39. The van der Waals surface area contributed by atoms with Gasteiger partial charge in [-0.3, -0.25) is 0 Å². The van der Waals surface area contributed by atoms with Gasteiger partial charge in [0, 0.05) is 6.04 Å². The molecule has 0 amide bonds. The van der Waals surface area contributed by atoms with Crippen molar-refractivity contribution in [3.05, 3.63) is 0 Å². The topological polar surface area (TPSA) is 32.5 Å². The van der Waals surface area contributed by atoms with Crippen LogP contribution >= 0.6 is 0 Å². The molecule has 3 heteroatoms. The average Bonchev–Trinajstić information content (AvgIpc) is 2.11. The van der Waals surface area contributed by atoms with Crippen molar-refractivity contribution in [2.24, 2.45) is 5.73 Å². The fourth-order valence-corrected chi connectivity index (χ4v) is 1.62. The Kier molecular flexibility index (Phi) is 9.06. The summed E-state index contributed by atoms with van der Waals surface area (Å²) in [5.41, 5.74) is 5.70. The molecule has 0 aliphatic carbocycles. The minimum Gasteiger partial charge on any atom is -0.328 e. The first-order chi connectivity index (χ1) is 7.02. The van der Waals surface area contributed by atoms with Crippen LogP contribution < -0.4 is 5.73 Å². The van der Waals surface area contributed by atoms with Crippen LogP contribution in [0.2, 0.25) is 0 Å². The standard InChI is InChI=1S/C12H29N3/c1-12(13)8-5-6-10-15(4)11-7-9-14(2)3/h12H,5-11,13H2,1-4H3. The average molecular weight is 215 g/mol. The number of nitrogens with two attached hydrogens (primary N) is 1. The van der Waals surface area contributed by atoms with E-state index in [1.54, 1.807) is 0 Å². The summed E-state index contributed by atoms with van der Waals surface area (Å²) >= 11 is 0. The highest BCUT2D eigenvalue weighted by Crippen LogP contribution is 2.00. The summed E-state index contributed by atoms with van der Waals surface area (Å²) in [6, 6.07) is 0.365. The Morgan fingerprint density at radius 2 is 1.53 bits per heavy atom. The van der Waals surface area contributed by atoms with Crippen molar-refractivity contribution in [2.75, 3.05) is 40.8 Å². The highest BCUT2D eigenvalue weighted by molar-refractivity contribution is 4.57. The van der Waals surface area contributed by atoms with Gasteiger partial charge < -0.3 is 15.5 Å². The van der Waals surface area contributed by atoms with Crippen LogP contribution in [0.25, 0.3) is 0 Å². The summed E-state index contributed by atoms with van der Waals surface area (Å²) in [4.78, 5) is 4.66. The molecule has 0 rings (SSSR count). The Labute approximate surface area is 95.6 Å². The van der Waals surface area contributed by atoms with E-state index >= 15 is 0 Å². The second-order valence-electron chi connectivity index (χ2n) is 4.93. The summed E-state index contributed by atoms with van der Waals surface area (Å²) in [6.07, 6.45) is 4.96. The van der Waals surface area contributed by atoms with Crippen molar-refractivity contribution in [1.29, 1.82) is 0 Å². The maximum absolute atomic E-state index is 5.70. The molecule has 0 saturated carbocycles. The van der Waals surface area contributed by atoms with Crippen LogP contribution in [-0.2, 0) is 0 Å². The third-order valence-electron chi connectivity index (χ3n) is 2.59. The van der Waals surface area contributed by atoms with Crippen molar-refractivity contribution >= 4 is 0 Å². The molecule has 1 atom stereocenters. The third-order valence-corrected chi connectivity index (χ3v) is 2.59. The Balaban J connectivity index is 3.22. The maximum atomic E-state index is 5.70. The largest absolute Gasteiger partial charge is 0.328 e. The van der Waals surface area contributed by atoms with E-state index in [0.717, 1.165) is 6.42 Å². The van der Waals surface area contributed by atoms with Gasteiger partial charge in [0.25, 0.3) is 0 Å². The lowest BCUT2D eigenvalue weighted by atomic mass is 10.1. The smallest absolute Gasteiger partial charge is 0.00104 e. The minimum atomic E-state index is 0.365. The Morgan fingerprint density at radius 3 is 2.07 bits per heavy atom. The molecule has 0 aromatic heterocycles. The number of hydrogen-bond acceptors (Lipinski definition) is 3. The normalized spacial score (nSPS) is 13.8. The molecule has 0 fully saturated rings. The first-order valence-electron chi connectivity index (χ1n) is 6.11. The van der Waals surface area contributed by atoms with Crippen LogP contribution in [0, 0.1) is 0 Å². The number of rotatable bonds is 9. The molecule has 0 bridgehead atoms. The summed E-state index contributed by atoms with van der Waals surface area (Å²) < 4.78 is 0. The van der Waals surface area contributed by atoms with Gasteiger partial charge in [-0.15, -0.1) is 0 Å². The highest BCUT2D eigenvalue weighted by Gasteiger charge is 1.99. The quantitative estimate of drug-likeness (QED) is 0.590. The molecule has 0 aliphatic heterocycles. The van der Waals surface area contributed by atoms with Gasteiger partial charge in [-0.2, -0.15) is 0 Å². The van der Waals surface area contributed by atoms with Crippen molar-refractivity contribution < 1.29 is 0 Å². The molecule has 92 valence electrons. The number of nitrogens with zero attached hydrogens (tertiary/aromatic N) is 2. The van der Waals surface area contributed by atoms with Crippen LogP contribution in [-0.4, -0.2) is 56.6 Å². The predicted molar refractivity (Wildman–Crippen MR) is 68.2 cm³/mol. The monoisotopic (exact) mass is 215 g/mol. The minimum absolute atomic E-state index is 0.365. The summed E-state index contributed by atoms with van der Waals surface area (Å²) in [5, 5.41) is 0. The molecule has 1 unspecified atom stereocenters. The van der Waals surface area contributed by atoms with E-state index in [0.29, 0.717) is 6.04 Å². The fraction of sp³-hybridized carbons (Fsp3) is 1.00. The highest BCUT2D eigenvalue weighted by atomic mass is 15.1. The first-order valence-corrected chi connectivity index (χ1v) is 6.11. The molecular weight excluding hydrogens is 186 g/mol. The van der Waals surface area contributed by atoms with Crippen LogP contribution in [0.15, 0.2) is 0 Å². The molecule has 0 saturated heterocycles. The number of unbranched alkanes of at least 4 members (excludes halogenated alkanes) is 1. The molecule has 0 aromatic carbocycles. The van der Waals surface area contributed by atoms with E-state index in [1.165, 1.54) is 38.9 Å². The van der Waals surface area contributed by atoms with Crippen LogP contribution in [0.1, 0.15) is 32.6 Å². The molecule has 15 heavy (non-hydrogen) atoms. The zero-order valence-corrected chi connectivity index (χ0v) is 11.0. The van der Waals surface area contributed by atoms with Gasteiger partial charge in [0.1, 0.15) is 0 Å². The van der Waals surface area contributed by atoms with E-state index in [2.05, 4.69) is 37.9 Å². The van der Waals surface area contributed by atoms with Crippen LogP contribution in [0.3, 0.4) is 0 Å². The van der Waals surface area contributed by atoms with E-state index < -0.39 is 0 Å². The Bertz CT molecular complexity index is 135. The van der Waals surface area contributed by atoms with E-state index in [9.17, 15) is 0 Å². The Morgan fingerprint density at radius 1 is 0.933 bits per heavy atom. The summed E-state index contributed by atoms with van der Waals surface area (Å²) in [6.45, 7) is 5.68. The summed E-state index contributed by atoms with van der Waals surface area (Å²) in [5.74, 6) is 0. The molecule has 0 heterocycles. The third kappa shape index (κ3) is 11.8. The second kappa shape index (κ2) is 9.13.